The summed E-state index contributed by atoms with van der Waals surface area (Å²) in [5, 5.41) is 27.2. The van der Waals surface area contributed by atoms with Crippen LogP contribution in [0.1, 0.15) is 43.0 Å². The lowest BCUT2D eigenvalue weighted by atomic mass is 9.69. The smallest absolute Gasteiger partial charge is 0.0823 e. The lowest BCUT2D eigenvalue weighted by Gasteiger charge is -2.37. The highest BCUT2D eigenvalue weighted by Crippen LogP contribution is 2.39. The number of nitrogens with zero attached hydrogens (tertiary/aromatic N) is 3. The predicted octanol–water partition coefficient (Wildman–Crippen LogP) is 2.45. The van der Waals surface area contributed by atoms with Crippen LogP contribution in [0, 0.1) is 11.3 Å². The molecule has 0 radical (unpaired) electrons. The molecule has 5 heteroatoms. The maximum Gasteiger partial charge on any atom is 0.0823 e. The Morgan fingerprint density at radius 3 is 2.58 bits per heavy atom. The number of hydrogen-bond acceptors (Lipinski definition) is 4. The standard InChI is InChI=1S/C19H24N4O/c1-23-18(9-12-21-23)17(13-24)22-16-7-10-19(14-20,11-8-16)15-5-3-2-4-6-15/h2-6,9,12,16-17,22,24H,7-8,10-11,13H2,1H3. The SMILES string of the molecule is Cn1nccc1C(CO)NC1CCC(C#N)(c2ccccc2)CC1. The second-order valence-electron chi connectivity index (χ2n) is 6.62. The number of benzene rings is 1. The number of nitriles is 1. The molecular weight excluding hydrogens is 300 g/mol. The monoisotopic (exact) mass is 324 g/mol. The van der Waals surface area contributed by atoms with Crippen molar-refractivity contribution in [1.82, 2.24) is 15.1 Å². The van der Waals surface area contributed by atoms with Crippen molar-refractivity contribution in [3.8, 4) is 6.07 Å². The number of aliphatic hydroxyl groups is 1. The molecule has 1 aliphatic rings. The van der Waals surface area contributed by atoms with Crippen molar-refractivity contribution in [3.05, 3.63) is 53.9 Å². The summed E-state index contributed by atoms with van der Waals surface area (Å²) in [5.41, 5.74) is 1.73. The van der Waals surface area contributed by atoms with Crippen LogP contribution in [-0.4, -0.2) is 27.5 Å². The molecule has 0 saturated heterocycles. The molecule has 1 heterocycles. The van der Waals surface area contributed by atoms with E-state index in [4.69, 9.17) is 0 Å². The molecule has 1 aromatic carbocycles. The number of hydrogen-bond donors (Lipinski definition) is 2. The van der Waals surface area contributed by atoms with Crippen LogP contribution in [0.15, 0.2) is 42.6 Å². The van der Waals surface area contributed by atoms with Crippen molar-refractivity contribution in [3.63, 3.8) is 0 Å². The van der Waals surface area contributed by atoms with Crippen molar-refractivity contribution >= 4 is 0 Å². The summed E-state index contributed by atoms with van der Waals surface area (Å²) in [6.45, 7) is 0.0398. The first kappa shape index (κ1) is 16.7. The molecule has 0 amide bonds. The molecule has 1 unspecified atom stereocenters. The molecule has 5 nitrogen and oxygen atoms in total. The van der Waals surface area contributed by atoms with Gasteiger partial charge in [-0.25, -0.2) is 0 Å². The lowest BCUT2D eigenvalue weighted by Crippen LogP contribution is -2.42. The van der Waals surface area contributed by atoms with Gasteiger partial charge in [-0.15, -0.1) is 0 Å². The molecule has 3 rings (SSSR count). The number of nitrogens with one attached hydrogen (secondary N) is 1. The minimum Gasteiger partial charge on any atom is -0.394 e. The van der Waals surface area contributed by atoms with Crippen molar-refractivity contribution < 1.29 is 5.11 Å². The van der Waals surface area contributed by atoms with Crippen molar-refractivity contribution in [2.45, 2.75) is 43.2 Å². The van der Waals surface area contributed by atoms with Gasteiger partial charge >= 0.3 is 0 Å². The van der Waals surface area contributed by atoms with Gasteiger partial charge in [0.15, 0.2) is 0 Å². The molecule has 0 bridgehead atoms. The minimum absolute atomic E-state index is 0.0398. The quantitative estimate of drug-likeness (QED) is 0.886. The van der Waals surface area contributed by atoms with E-state index < -0.39 is 0 Å². The summed E-state index contributed by atoms with van der Waals surface area (Å²) in [4.78, 5) is 0. The van der Waals surface area contributed by atoms with Crippen LogP contribution < -0.4 is 5.32 Å². The van der Waals surface area contributed by atoms with E-state index in [0.29, 0.717) is 6.04 Å². The Morgan fingerprint density at radius 2 is 2.04 bits per heavy atom. The maximum absolute atomic E-state index is 9.77. The average molecular weight is 324 g/mol. The van der Waals surface area contributed by atoms with Gasteiger partial charge in [0.2, 0.25) is 0 Å². The van der Waals surface area contributed by atoms with Gasteiger partial charge in [-0.2, -0.15) is 10.4 Å². The Labute approximate surface area is 142 Å². The Kier molecular flexibility index (Phi) is 4.98. The third-order valence-corrected chi connectivity index (χ3v) is 5.21. The third-order valence-electron chi connectivity index (χ3n) is 5.21. The third kappa shape index (κ3) is 3.21. The summed E-state index contributed by atoms with van der Waals surface area (Å²) < 4.78 is 1.79. The molecular formula is C19H24N4O. The zero-order valence-electron chi connectivity index (χ0n) is 14.0. The number of aryl methyl sites for hydroxylation is 1. The van der Waals surface area contributed by atoms with Gasteiger partial charge in [0.25, 0.3) is 0 Å². The molecule has 0 aliphatic heterocycles. The highest BCUT2D eigenvalue weighted by Gasteiger charge is 2.37. The molecule has 24 heavy (non-hydrogen) atoms. The van der Waals surface area contributed by atoms with Crippen LogP contribution in [0.25, 0.3) is 0 Å². The molecule has 1 fully saturated rings. The Hall–Kier alpha value is -2.16. The van der Waals surface area contributed by atoms with Crippen LogP contribution in [0.2, 0.25) is 0 Å². The van der Waals surface area contributed by atoms with Crippen molar-refractivity contribution in [2.24, 2.45) is 7.05 Å². The van der Waals surface area contributed by atoms with Gasteiger partial charge in [-0.05, 0) is 37.3 Å². The Bertz CT molecular complexity index is 696. The zero-order valence-corrected chi connectivity index (χ0v) is 14.0. The summed E-state index contributed by atoms with van der Waals surface area (Å²) >= 11 is 0. The first-order valence-corrected chi connectivity index (χ1v) is 8.50. The number of rotatable bonds is 5. The number of aliphatic hydroxyl groups excluding tert-OH is 1. The molecule has 1 aliphatic carbocycles. The van der Waals surface area contributed by atoms with E-state index in [2.05, 4.69) is 28.6 Å². The van der Waals surface area contributed by atoms with E-state index in [1.807, 2.05) is 31.3 Å². The predicted molar refractivity (Wildman–Crippen MR) is 92.2 cm³/mol. The Morgan fingerprint density at radius 1 is 1.33 bits per heavy atom. The largest absolute Gasteiger partial charge is 0.394 e. The number of aromatic nitrogens is 2. The van der Waals surface area contributed by atoms with E-state index in [1.54, 1.807) is 10.9 Å². The van der Waals surface area contributed by atoms with Gasteiger partial charge in [0.05, 0.1) is 29.8 Å². The van der Waals surface area contributed by atoms with Crippen LogP contribution in [-0.2, 0) is 12.5 Å². The molecule has 1 aromatic heterocycles. The van der Waals surface area contributed by atoms with Crippen LogP contribution >= 0.6 is 0 Å². The molecule has 126 valence electrons. The van der Waals surface area contributed by atoms with Crippen LogP contribution in [0.4, 0.5) is 0 Å². The van der Waals surface area contributed by atoms with Crippen molar-refractivity contribution in [1.29, 1.82) is 5.26 Å². The molecule has 0 spiro atoms. The van der Waals surface area contributed by atoms with Gasteiger partial charge < -0.3 is 10.4 Å². The van der Waals surface area contributed by atoms with Crippen LogP contribution in [0.3, 0.4) is 0 Å². The molecule has 2 aromatic rings. The molecule has 1 atom stereocenters. The van der Waals surface area contributed by atoms with E-state index in [0.717, 1.165) is 36.9 Å². The second kappa shape index (κ2) is 7.16. The van der Waals surface area contributed by atoms with E-state index in [-0.39, 0.29) is 18.1 Å². The van der Waals surface area contributed by atoms with Crippen LogP contribution in [0.5, 0.6) is 0 Å². The normalized spacial score (nSPS) is 25.1. The van der Waals surface area contributed by atoms with E-state index >= 15 is 0 Å². The maximum atomic E-state index is 9.77. The molecule has 1 saturated carbocycles. The zero-order chi connectivity index (χ0) is 17.0. The average Bonchev–Trinajstić information content (AvgIpc) is 3.07. The molecule has 2 N–H and O–H groups in total. The second-order valence-corrected chi connectivity index (χ2v) is 6.62. The van der Waals surface area contributed by atoms with Gasteiger partial charge in [-0.1, -0.05) is 30.3 Å². The van der Waals surface area contributed by atoms with Gasteiger partial charge in [0, 0.05) is 19.3 Å². The Balaban J connectivity index is 1.66. The van der Waals surface area contributed by atoms with Gasteiger partial charge in [-0.3, -0.25) is 4.68 Å². The summed E-state index contributed by atoms with van der Waals surface area (Å²) in [6.07, 6.45) is 5.29. The summed E-state index contributed by atoms with van der Waals surface area (Å²) in [5.74, 6) is 0. The fourth-order valence-electron chi connectivity index (χ4n) is 3.74. The first-order valence-electron chi connectivity index (χ1n) is 8.50. The summed E-state index contributed by atoms with van der Waals surface area (Å²) in [7, 11) is 1.89. The topological polar surface area (TPSA) is 73.9 Å². The fourth-order valence-corrected chi connectivity index (χ4v) is 3.74. The van der Waals surface area contributed by atoms with Gasteiger partial charge in [0.1, 0.15) is 0 Å². The summed E-state index contributed by atoms with van der Waals surface area (Å²) in [6, 6.07) is 14.8. The van der Waals surface area contributed by atoms with E-state index in [1.165, 1.54) is 0 Å². The lowest BCUT2D eigenvalue weighted by molar-refractivity contribution is 0.204. The fraction of sp³-hybridized carbons (Fsp3) is 0.474. The van der Waals surface area contributed by atoms with Crippen molar-refractivity contribution in [2.75, 3.05) is 6.61 Å². The highest BCUT2D eigenvalue weighted by atomic mass is 16.3. The first-order chi connectivity index (χ1) is 11.7. The highest BCUT2D eigenvalue weighted by molar-refractivity contribution is 5.33. The minimum atomic E-state index is -0.374. The van der Waals surface area contributed by atoms with E-state index in [9.17, 15) is 10.4 Å².